The van der Waals surface area contributed by atoms with E-state index in [4.69, 9.17) is 11.0 Å². The highest BCUT2D eigenvalue weighted by molar-refractivity contribution is 5.96. The van der Waals surface area contributed by atoms with Crippen LogP contribution < -0.4 is 16.4 Å². The fraction of sp³-hybridized carbons (Fsp3) is 0.667. The zero-order chi connectivity index (χ0) is 15.9. The number of hydrogen-bond donors (Lipinski definition) is 3. The molecule has 3 amide bonds. The Hall–Kier alpha value is -2.03. The van der Waals surface area contributed by atoms with E-state index in [0.29, 0.717) is 6.54 Å². The number of carbonyl (C=O) groups is 2. The largest absolute Gasteiger partial charge is 0.365 e. The zero-order valence-electron chi connectivity index (χ0n) is 12.8. The minimum absolute atomic E-state index is 0.280. The molecule has 21 heavy (non-hydrogen) atoms. The first-order valence-electron chi connectivity index (χ1n) is 7.56. The van der Waals surface area contributed by atoms with Crippen LogP contribution >= 0.6 is 0 Å². The molecular formula is C15H26N4O2. The third kappa shape index (κ3) is 11.5. The van der Waals surface area contributed by atoms with Crippen molar-refractivity contribution in [3.63, 3.8) is 0 Å². The Morgan fingerprint density at radius 1 is 1.10 bits per heavy atom. The first kappa shape index (κ1) is 19.0. The van der Waals surface area contributed by atoms with E-state index in [0.717, 1.165) is 19.0 Å². The minimum atomic E-state index is -0.860. The van der Waals surface area contributed by atoms with Crippen LogP contribution in [-0.4, -0.2) is 18.5 Å². The Labute approximate surface area is 126 Å². The van der Waals surface area contributed by atoms with Crippen molar-refractivity contribution in [1.29, 1.82) is 5.26 Å². The maximum absolute atomic E-state index is 11.4. The van der Waals surface area contributed by atoms with E-state index in [1.165, 1.54) is 38.5 Å². The number of nitrogens with zero attached hydrogens (tertiary/aromatic N) is 1. The molecule has 118 valence electrons. The smallest absolute Gasteiger partial charge is 0.318 e. The summed E-state index contributed by atoms with van der Waals surface area (Å²) in [6.07, 6.45) is 10.6. The monoisotopic (exact) mass is 294 g/mol. The molecule has 0 aliphatic heterocycles. The fourth-order valence-electron chi connectivity index (χ4n) is 1.81. The van der Waals surface area contributed by atoms with E-state index in [-0.39, 0.29) is 5.57 Å². The molecule has 0 aromatic rings. The summed E-state index contributed by atoms with van der Waals surface area (Å²) in [5, 5.41) is 13.5. The summed E-state index contributed by atoms with van der Waals surface area (Å²) in [7, 11) is 0. The molecule has 0 aromatic carbocycles. The van der Waals surface area contributed by atoms with Gasteiger partial charge in [-0.1, -0.05) is 51.9 Å². The first-order valence-corrected chi connectivity index (χ1v) is 7.56. The van der Waals surface area contributed by atoms with E-state index in [9.17, 15) is 9.59 Å². The first-order chi connectivity index (χ1) is 10.1. The van der Waals surface area contributed by atoms with Gasteiger partial charge in [0.2, 0.25) is 0 Å². The maximum Gasteiger partial charge on any atom is 0.318 e. The molecule has 6 nitrogen and oxygen atoms in total. The van der Waals surface area contributed by atoms with Gasteiger partial charge in [0, 0.05) is 12.7 Å². The lowest BCUT2D eigenvalue weighted by molar-refractivity contribution is -0.114. The standard InChI is InChI=1S/C15H26N4O2/c1-2-3-4-5-6-7-8-9-10-18-15(21)19-12-13(11-16)14(17)20/h12H,2-10H2,1H3,(H2,17,20)(H2,18,19,21)/b13-12+. The molecule has 0 aliphatic rings. The van der Waals surface area contributed by atoms with E-state index in [2.05, 4.69) is 17.6 Å². The van der Waals surface area contributed by atoms with E-state index < -0.39 is 11.9 Å². The predicted molar refractivity (Wildman–Crippen MR) is 82.0 cm³/mol. The van der Waals surface area contributed by atoms with Gasteiger partial charge in [-0.05, 0) is 6.42 Å². The summed E-state index contributed by atoms with van der Waals surface area (Å²) in [6.45, 7) is 2.78. The molecule has 0 radical (unpaired) electrons. The number of rotatable bonds is 11. The van der Waals surface area contributed by atoms with Crippen LogP contribution in [0, 0.1) is 11.3 Å². The lowest BCUT2D eigenvalue weighted by Crippen LogP contribution is -2.33. The molecule has 0 spiro atoms. The molecule has 0 saturated carbocycles. The lowest BCUT2D eigenvalue weighted by atomic mass is 10.1. The summed E-state index contributed by atoms with van der Waals surface area (Å²) in [4.78, 5) is 22.1. The summed E-state index contributed by atoms with van der Waals surface area (Å²) < 4.78 is 0. The molecule has 0 atom stereocenters. The second kappa shape index (κ2) is 13.0. The number of unbranched alkanes of at least 4 members (excludes halogenated alkanes) is 7. The fourth-order valence-corrected chi connectivity index (χ4v) is 1.81. The predicted octanol–water partition coefficient (Wildman–Crippen LogP) is 2.32. The third-order valence-electron chi connectivity index (χ3n) is 3.05. The number of amides is 3. The molecule has 6 heteroatoms. The highest BCUT2D eigenvalue weighted by Crippen LogP contribution is 2.07. The van der Waals surface area contributed by atoms with Crippen molar-refractivity contribution in [2.45, 2.75) is 58.3 Å². The molecule has 0 fully saturated rings. The van der Waals surface area contributed by atoms with Gasteiger partial charge in [0.05, 0.1) is 0 Å². The average molecular weight is 294 g/mol. The highest BCUT2D eigenvalue weighted by Gasteiger charge is 2.04. The summed E-state index contributed by atoms with van der Waals surface area (Å²) >= 11 is 0. The number of carbonyl (C=O) groups excluding carboxylic acids is 2. The molecule has 0 aromatic heterocycles. The van der Waals surface area contributed by atoms with Crippen LogP contribution in [-0.2, 0) is 4.79 Å². The zero-order valence-corrected chi connectivity index (χ0v) is 12.8. The van der Waals surface area contributed by atoms with E-state index in [1.54, 1.807) is 6.07 Å². The molecule has 4 N–H and O–H groups in total. The van der Waals surface area contributed by atoms with E-state index in [1.807, 2.05) is 0 Å². The topological polar surface area (TPSA) is 108 Å². The van der Waals surface area contributed by atoms with Gasteiger partial charge < -0.3 is 16.4 Å². The molecule has 0 unspecified atom stereocenters. The maximum atomic E-state index is 11.4. The molecule has 0 rings (SSSR count). The average Bonchev–Trinajstić information content (AvgIpc) is 2.45. The Bertz CT molecular complexity index is 386. The summed E-state index contributed by atoms with van der Waals surface area (Å²) in [5.41, 5.74) is 4.65. The van der Waals surface area contributed by atoms with Crippen LogP contribution in [0.5, 0.6) is 0 Å². The van der Waals surface area contributed by atoms with Crippen molar-refractivity contribution in [1.82, 2.24) is 10.6 Å². The Kier molecular flexibility index (Phi) is 11.7. The quantitative estimate of drug-likeness (QED) is 0.309. The third-order valence-corrected chi connectivity index (χ3v) is 3.05. The number of hydrogen-bond acceptors (Lipinski definition) is 3. The second-order valence-corrected chi connectivity index (χ2v) is 4.91. The van der Waals surface area contributed by atoms with Gasteiger partial charge in [0.25, 0.3) is 5.91 Å². The summed E-state index contributed by atoms with van der Waals surface area (Å²) in [6, 6.07) is 1.17. The van der Waals surface area contributed by atoms with E-state index >= 15 is 0 Å². The van der Waals surface area contributed by atoms with Crippen molar-refractivity contribution in [2.24, 2.45) is 5.73 Å². The number of nitrogens with two attached hydrogens (primary N) is 1. The Morgan fingerprint density at radius 2 is 1.67 bits per heavy atom. The lowest BCUT2D eigenvalue weighted by Gasteiger charge is -2.05. The van der Waals surface area contributed by atoms with Crippen molar-refractivity contribution in [3.8, 4) is 6.07 Å². The van der Waals surface area contributed by atoms with Crippen molar-refractivity contribution in [2.75, 3.05) is 6.54 Å². The molecule has 0 saturated heterocycles. The van der Waals surface area contributed by atoms with Crippen LogP contribution in [0.2, 0.25) is 0 Å². The minimum Gasteiger partial charge on any atom is -0.365 e. The van der Waals surface area contributed by atoms with Crippen LogP contribution in [0.3, 0.4) is 0 Å². The van der Waals surface area contributed by atoms with Gasteiger partial charge >= 0.3 is 6.03 Å². The van der Waals surface area contributed by atoms with Crippen LogP contribution in [0.4, 0.5) is 4.79 Å². The number of nitriles is 1. The van der Waals surface area contributed by atoms with Crippen molar-refractivity contribution < 1.29 is 9.59 Å². The van der Waals surface area contributed by atoms with Gasteiger partial charge in [0.1, 0.15) is 11.6 Å². The second-order valence-electron chi connectivity index (χ2n) is 4.91. The Morgan fingerprint density at radius 3 is 2.19 bits per heavy atom. The Balaban J connectivity index is 3.55. The van der Waals surface area contributed by atoms with Crippen LogP contribution in [0.1, 0.15) is 58.3 Å². The van der Waals surface area contributed by atoms with Gasteiger partial charge in [0.15, 0.2) is 0 Å². The molecule has 0 heterocycles. The molecular weight excluding hydrogens is 268 g/mol. The van der Waals surface area contributed by atoms with Crippen molar-refractivity contribution >= 4 is 11.9 Å². The van der Waals surface area contributed by atoms with Gasteiger partial charge in [-0.25, -0.2) is 4.79 Å². The number of urea groups is 1. The van der Waals surface area contributed by atoms with Crippen LogP contribution in [0.25, 0.3) is 0 Å². The summed E-state index contributed by atoms with van der Waals surface area (Å²) in [5.74, 6) is -0.860. The SMILES string of the molecule is CCCCCCCCCCNC(=O)N/C=C(\C#N)C(N)=O. The normalized spacial score (nSPS) is 10.8. The number of primary amides is 1. The highest BCUT2D eigenvalue weighted by atomic mass is 16.2. The van der Waals surface area contributed by atoms with Crippen LogP contribution in [0.15, 0.2) is 11.8 Å². The number of nitrogens with one attached hydrogen (secondary N) is 2. The molecule has 0 bridgehead atoms. The van der Waals surface area contributed by atoms with Gasteiger partial charge in [-0.3, -0.25) is 4.79 Å². The molecule has 0 aliphatic carbocycles. The van der Waals surface area contributed by atoms with Gasteiger partial charge in [-0.15, -0.1) is 0 Å². The van der Waals surface area contributed by atoms with Crippen molar-refractivity contribution in [3.05, 3.63) is 11.8 Å². The van der Waals surface area contributed by atoms with Gasteiger partial charge in [-0.2, -0.15) is 5.26 Å².